The maximum Gasteiger partial charge on any atom is 0.263 e. The second kappa shape index (κ2) is 9.36. The van der Waals surface area contributed by atoms with Gasteiger partial charge in [-0.3, -0.25) is 14.2 Å². The summed E-state index contributed by atoms with van der Waals surface area (Å²) in [4.78, 5) is 32.4. The number of nitrogens with zero attached hydrogens (tertiary/aromatic N) is 2. The molecule has 2 aromatic carbocycles. The third kappa shape index (κ3) is 4.43. The van der Waals surface area contributed by atoms with Gasteiger partial charge in [0, 0.05) is 17.0 Å². The van der Waals surface area contributed by atoms with Crippen LogP contribution in [0.5, 0.6) is 5.75 Å². The molecule has 0 radical (unpaired) electrons. The van der Waals surface area contributed by atoms with Gasteiger partial charge in [-0.1, -0.05) is 42.5 Å². The zero-order valence-electron chi connectivity index (χ0n) is 18.3. The minimum Gasteiger partial charge on any atom is -0.494 e. The minimum atomic E-state index is -0.227. The molecular weight excluding hydrogens is 422 g/mol. The fourth-order valence-electron chi connectivity index (χ4n) is 3.71. The van der Waals surface area contributed by atoms with Crippen molar-refractivity contribution < 1.29 is 9.53 Å². The molecule has 0 saturated carbocycles. The zero-order chi connectivity index (χ0) is 22.7. The molecule has 0 aliphatic rings. The summed E-state index contributed by atoms with van der Waals surface area (Å²) in [5.41, 5.74) is 2.60. The Bertz CT molecular complexity index is 1310. The lowest BCUT2D eigenvalue weighted by Gasteiger charge is -2.11. The molecular formula is C25H25N3O3S. The number of thiophene rings is 1. The van der Waals surface area contributed by atoms with Gasteiger partial charge >= 0.3 is 0 Å². The Labute approximate surface area is 190 Å². The van der Waals surface area contributed by atoms with Crippen molar-refractivity contribution in [2.24, 2.45) is 0 Å². The summed E-state index contributed by atoms with van der Waals surface area (Å²) in [7, 11) is 0. The van der Waals surface area contributed by atoms with E-state index in [-0.39, 0.29) is 18.0 Å². The highest BCUT2D eigenvalue weighted by atomic mass is 32.1. The largest absolute Gasteiger partial charge is 0.494 e. The number of hydrogen-bond acceptors (Lipinski definition) is 5. The molecule has 0 aliphatic carbocycles. The molecule has 7 heteroatoms. The molecule has 2 aromatic heterocycles. The van der Waals surface area contributed by atoms with E-state index < -0.39 is 0 Å². The van der Waals surface area contributed by atoms with Gasteiger partial charge in [-0.05, 0) is 44.0 Å². The Morgan fingerprint density at radius 2 is 1.81 bits per heavy atom. The Kier molecular flexibility index (Phi) is 6.37. The summed E-state index contributed by atoms with van der Waals surface area (Å²) < 4.78 is 6.98. The summed E-state index contributed by atoms with van der Waals surface area (Å²) >= 11 is 1.50. The first kappa shape index (κ1) is 21.8. The number of aromatic nitrogens is 2. The van der Waals surface area contributed by atoms with E-state index in [2.05, 4.69) is 10.3 Å². The molecule has 4 rings (SSSR count). The summed E-state index contributed by atoms with van der Waals surface area (Å²) in [6.45, 7) is 6.63. The fraction of sp³-hybridized carbons (Fsp3) is 0.240. The number of carbonyl (C=O) groups excluding carboxylic acids is 1. The molecule has 0 fully saturated rings. The van der Waals surface area contributed by atoms with E-state index in [1.54, 1.807) is 6.92 Å². The monoisotopic (exact) mass is 447 g/mol. The Balaban J connectivity index is 1.66. The normalized spacial score (nSPS) is 11.0. The molecule has 0 saturated heterocycles. The summed E-state index contributed by atoms with van der Waals surface area (Å²) in [6, 6.07) is 17.4. The van der Waals surface area contributed by atoms with E-state index in [4.69, 9.17) is 4.74 Å². The van der Waals surface area contributed by atoms with Crippen molar-refractivity contribution in [3.8, 4) is 16.9 Å². The smallest absolute Gasteiger partial charge is 0.263 e. The van der Waals surface area contributed by atoms with Crippen molar-refractivity contribution in [2.45, 2.75) is 33.9 Å². The predicted octanol–water partition coefficient (Wildman–Crippen LogP) is 4.46. The second-order valence-electron chi connectivity index (χ2n) is 7.48. The molecule has 0 bridgehead atoms. The van der Waals surface area contributed by atoms with Crippen LogP contribution in [0.2, 0.25) is 0 Å². The summed E-state index contributed by atoms with van der Waals surface area (Å²) in [5, 5.41) is 3.44. The first-order valence-electron chi connectivity index (χ1n) is 10.5. The lowest BCUT2D eigenvalue weighted by Crippen LogP contribution is -2.33. The highest BCUT2D eigenvalue weighted by Crippen LogP contribution is 2.36. The Morgan fingerprint density at radius 3 is 2.50 bits per heavy atom. The molecule has 32 heavy (non-hydrogen) atoms. The number of ether oxygens (including phenoxy) is 1. The van der Waals surface area contributed by atoms with Crippen LogP contribution in [-0.4, -0.2) is 22.1 Å². The highest BCUT2D eigenvalue weighted by Gasteiger charge is 2.19. The van der Waals surface area contributed by atoms with Gasteiger partial charge in [0.1, 0.15) is 22.9 Å². The van der Waals surface area contributed by atoms with Gasteiger partial charge in [0.2, 0.25) is 5.91 Å². The molecule has 1 N–H and O–H groups in total. The van der Waals surface area contributed by atoms with Crippen LogP contribution >= 0.6 is 11.3 Å². The van der Waals surface area contributed by atoms with Gasteiger partial charge in [0.05, 0.1) is 12.0 Å². The predicted molar refractivity (Wildman–Crippen MR) is 128 cm³/mol. The number of rotatable bonds is 7. The van der Waals surface area contributed by atoms with Crippen molar-refractivity contribution in [2.75, 3.05) is 6.61 Å². The van der Waals surface area contributed by atoms with Gasteiger partial charge in [-0.2, -0.15) is 0 Å². The van der Waals surface area contributed by atoms with Crippen molar-refractivity contribution in [3.63, 3.8) is 0 Å². The van der Waals surface area contributed by atoms with Crippen LogP contribution in [0.4, 0.5) is 0 Å². The maximum atomic E-state index is 13.5. The maximum absolute atomic E-state index is 13.5. The van der Waals surface area contributed by atoms with Crippen LogP contribution in [0.15, 0.2) is 59.4 Å². The van der Waals surface area contributed by atoms with Crippen molar-refractivity contribution >= 4 is 27.5 Å². The molecule has 2 heterocycles. The SMILES string of the molecule is CCOc1ccc(-c2c(C)sc3nc(C)n(CC(=O)NCc4ccccc4)c(=O)c23)cc1. The number of benzene rings is 2. The number of carbonyl (C=O) groups is 1. The van der Waals surface area contributed by atoms with Gasteiger partial charge in [-0.25, -0.2) is 4.98 Å². The third-order valence-corrected chi connectivity index (χ3v) is 6.27. The molecule has 6 nitrogen and oxygen atoms in total. The number of hydrogen-bond donors (Lipinski definition) is 1. The van der Waals surface area contributed by atoms with Crippen LogP contribution in [0.25, 0.3) is 21.3 Å². The first-order valence-corrected chi connectivity index (χ1v) is 11.3. The van der Waals surface area contributed by atoms with Crippen molar-refractivity contribution in [1.82, 2.24) is 14.9 Å². The van der Waals surface area contributed by atoms with E-state index in [0.717, 1.165) is 27.3 Å². The van der Waals surface area contributed by atoms with Crippen molar-refractivity contribution in [1.29, 1.82) is 0 Å². The number of aryl methyl sites for hydroxylation is 2. The van der Waals surface area contributed by atoms with Gasteiger partial charge < -0.3 is 10.1 Å². The molecule has 164 valence electrons. The average molecular weight is 448 g/mol. The number of fused-ring (bicyclic) bond motifs is 1. The van der Waals surface area contributed by atoms with Gasteiger partial charge in [-0.15, -0.1) is 11.3 Å². The van der Waals surface area contributed by atoms with Crippen LogP contribution < -0.4 is 15.6 Å². The Hall–Kier alpha value is -3.45. The average Bonchev–Trinajstić information content (AvgIpc) is 3.12. The Morgan fingerprint density at radius 1 is 1.09 bits per heavy atom. The molecule has 0 spiro atoms. The summed E-state index contributed by atoms with van der Waals surface area (Å²) in [5.74, 6) is 1.08. The summed E-state index contributed by atoms with van der Waals surface area (Å²) in [6.07, 6.45) is 0. The molecule has 0 aliphatic heterocycles. The van der Waals surface area contributed by atoms with E-state index >= 15 is 0 Å². The quantitative estimate of drug-likeness (QED) is 0.454. The molecule has 4 aromatic rings. The lowest BCUT2D eigenvalue weighted by atomic mass is 10.0. The van der Waals surface area contributed by atoms with Gasteiger partial charge in [0.25, 0.3) is 5.56 Å². The van der Waals surface area contributed by atoms with Crippen LogP contribution in [-0.2, 0) is 17.9 Å². The van der Waals surface area contributed by atoms with Crippen LogP contribution in [0, 0.1) is 13.8 Å². The van der Waals surface area contributed by atoms with E-state index in [1.807, 2.05) is 68.4 Å². The fourth-order valence-corrected chi connectivity index (χ4v) is 4.79. The van der Waals surface area contributed by atoms with Crippen molar-refractivity contribution in [3.05, 3.63) is 81.2 Å². The minimum absolute atomic E-state index is 0.0714. The third-order valence-electron chi connectivity index (χ3n) is 5.27. The number of nitrogens with one attached hydrogen (secondary N) is 1. The second-order valence-corrected chi connectivity index (χ2v) is 8.69. The van der Waals surface area contributed by atoms with Crippen LogP contribution in [0.1, 0.15) is 23.2 Å². The highest BCUT2D eigenvalue weighted by molar-refractivity contribution is 7.19. The topological polar surface area (TPSA) is 73.2 Å². The van der Waals surface area contributed by atoms with E-state index in [0.29, 0.717) is 29.2 Å². The molecule has 0 atom stereocenters. The molecule has 1 amide bonds. The van der Waals surface area contributed by atoms with Crippen LogP contribution in [0.3, 0.4) is 0 Å². The standard InChI is InChI=1S/C25H25N3O3S/c1-4-31-20-12-10-19(11-13-20)22-16(2)32-24-23(22)25(30)28(17(3)27-24)15-21(29)26-14-18-8-6-5-7-9-18/h5-13H,4,14-15H2,1-3H3,(H,26,29). The van der Waals surface area contributed by atoms with Gasteiger partial charge in [0.15, 0.2) is 0 Å². The van der Waals surface area contributed by atoms with E-state index in [9.17, 15) is 9.59 Å². The number of amides is 1. The first-order chi connectivity index (χ1) is 15.5. The van der Waals surface area contributed by atoms with E-state index in [1.165, 1.54) is 15.9 Å². The molecule has 0 unspecified atom stereocenters. The lowest BCUT2D eigenvalue weighted by molar-refractivity contribution is -0.121. The zero-order valence-corrected chi connectivity index (χ0v) is 19.2.